The summed E-state index contributed by atoms with van der Waals surface area (Å²) in [6, 6.07) is 12.4. The van der Waals surface area contributed by atoms with Crippen LogP contribution in [0.25, 0.3) is 0 Å². The minimum absolute atomic E-state index is 0.0585. The van der Waals surface area contributed by atoms with Crippen molar-refractivity contribution in [2.45, 2.75) is 18.3 Å². The van der Waals surface area contributed by atoms with Crippen molar-refractivity contribution in [1.82, 2.24) is 5.32 Å². The van der Waals surface area contributed by atoms with E-state index in [0.29, 0.717) is 17.5 Å². The van der Waals surface area contributed by atoms with Crippen molar-refractivity contribution >= 4 is 11.6 Å². The third-order valence-electron chi connectivity index (χ3n) is 4.77. The number of nitrogens with zero attached hydrogens (tertiary/aromatic N) is 1. The van der Waals surface area contributed by atoms with Crippen LogP contribution in [0.1, 0.15) is 18.4 Å². The Labute approximate surface area is 153 Å². The van der Waals surface area contributed by atoms with Crippen molar-refractivity contribution in [1.29, 1.82) is 0 Å². The molecule has 1 aliphatic rings. The summed E-state index contributed by atoms with van der Waals surface area (Å²) in [4.78, 5) is 4.28. The predicted octanol–water partition coefficient (Wildman–Crippen LogP) is 3.56. The molecule has 2 aromatic carbocycles. The van der Waals surface area contributed by atoms with E-state index in [4.69, 9.17) is 9.47 Å². The van der Waals surface area contributed by atoms with Gasteiger partial charge in [0.15, 0.2) is 17.5 Å². The van der Waals surface area contributed by atoms with Crippen LogP contribution in [0.15, 0.2) is 47.5 Å². The number of halogens is 1. The molecular weight excluding hydrogens is 333 g/mol. The van der Waals surface area contributed by atoms with Gasteiger partial charge in [-0.05, 0) is 42.7 Å². The Hall–Kier alpha value is -2.76. The molecule has 0 aliphatic heterocycles. The van der Waals surface area contributed by atoms with Crippen LogP contribution < -0.4 is 20.1 Å². The lowest BCUT2D eigenvalue weighted by molar-refractivity contribution is 0.355. The van der Waals surface area contributed by atoms with Crippen LogP contribution in [0.3, 0.4) is 0 Å². The fourth-order valence-corrected chi connectivity index (χ4v) is 3.00. The highest BCUT2D eigenvalue weighted by molar-refractivity contribution is 5.94. The molecule has 0 amide bonds. The Bertz CT molecular complexity index is 786. The fraction of sp³-hybridized carbons (Fsp3) is 0.350. The summed E-state index contributed by atoms with van der Waals surface area (Å²) in [7, 11) is 4.94. The molecule has 0 radical (unpaired) electrons. The molecule has 2 N–H and O–H groups in total. The molecule has 5 nitrogen and oxygen atoms in total. The van der Waals surface area contributed by atoms with Gasteiger partial charge in [0.25, 0.3) is 0 Å². The van der Waals surface area contributed by atoms with Gasteiger partial charge in [-0.2, -0.15) is 0 Å². The normalized spacial score (nSPS) is 15.3. The van der Waals surface area contributed by atoms with Crippen LogP contribution in [-0.2, 0) is 5.41 Å². The average Bonchev–Trinajstić information content (AvgIpc) is 3.46. The Balaban J connectivity index is 1.65. The summed E-state index contributed by atoms with van der Waals surface area (Å²) >= 11 is 0. The molecule has 1 saturated carbocycles. The third-order valence-corrected chi connectivity index (χ3v) is 4.77. The molecule has 138 valence electrons. The SMILES string of the molecule is CN=C(NCC1(c2ccc(F)cc2)CC1)Nc1ccc(OC)c(OC)c1. The van der Waals surface area contributed by atoms with Crippen molar-refractivity contribution in [2.75, 3.05) is 33.1 Å². The molecule has 26 heavy (non-hydrogen) atoms. The van der Waals surface area contributed by atoms with E-state index in [0.717, 1.165) is 30.6 Å². The summed E-state index contributed by atoms with van der Waals surface area (Å²) in [5, 5.41) is 6.63. The number of hydrogen-bond acceptors (Lipinski definition) is 3. The lowest BCUT2D eigenvalue weighted by Gasteiger charge is -2.19. The van der Waals surface area contributed by atoms with Gasteiger partial charge in [-0.1, -0.05) is 12.1 Å². The maximum absolute atomic E-state index is 13.2. The van der Waals surface area contributed by atoms with E-state index in [-0.39, 0.29) is 11.2 Å². The average molecular weight is 357 g/mol. The fourth-order valence-electron chi connectivity index (χ4n) is 3.00. The quantitative estimate of drug-likeness (QED) is 0.613. The van der Waals surface area contributed by atoms with E-state index >= 15 is 0 Å². The molecule has 0 aromatic heterocycles. The molecule has 0 bridgehead atoms. The number of methoxy groups -OCH3 is 2. The van der Waals surface area contributed by atoms with Crippen LogP contribution in [0.4, 0.5) is 10.1 Å². The molecule has 1 aliphatic carbocycles. The van der Waals surface area contributed by atoms with Crippen molar-refractivity contribution in [3.05, 3.63) is 53.8 Å². The maximum Gasteiger partial charge on any atom is 0.195 e. The Morgan fingerprint density at radius 2 is 1.77 bits per heavy atom. The molecule has 2 aromatic rings. The minimum Gasteiger partial charge on any atom is -0.493 e. The van der Waals surface area contributed by atoms with E-state index in [1.165, 1.54) is 12.1 Å². The van der Waals surface area contributed by atoms with Gasteiger partial charge in [0.2, 0.25) is 0 Å². The van der Waals surface area contributed by atoms with Gasteiger partial charge < -0.3 is 20.1 Å². The summed E-state index contributed by atoms with van der Waals surface area (Å²) in [5.74, 6) is 1.79. The molecular formula is C20H24FN3O2. The summed E-state index contributed by atoms with van der Waals surface area (Å²) in [6.45, 7) is 0.742. The number of hydrogen-bond donors (Lipinski definition) is 2. The maximum atomic E-state index is 13.2. The van der Waals surface area contributed by atoms with Gasteiger partial charge in [-0.3, -0.25) is 4.99 Å². The monoisotopic (exact) mass is 357 g/mol. The molecule has 0 spiro atoms. The number of nitrogens with one attached hydrogen (secondary N) is 2. The Morgan fingerprint density at radius 3 is 2.35 bits per heavy atom. The first-order chi connectivity index (χ1) is 12.6. The smallest absolute Gasteiger partial charge is 0.195 e. The standard InChI is InChI=1S/C20H24FN3O2/c1-22-19(24-16-8-9-17(25-2)18(12-16)26-3)23-13-20(10-11-20)14-4-6-15(21)7-5-14/h4-9,12H,10-11,13H2,1-3H3,(H2,22,23,24). The number of rotatable bonds is 6. The summed E-state index contributed by atoms with van der Waals surface area (Å²) in [6.07, 6.45) is 2.16. The van der Waals surface area contributed by atoms with Crippen LogP contribution >= 0.6 is 0 Å². The highest BCUT2D eigenvalue weighted by Crippen LogP contribution is 2.47. The summed E-state index contributed by atoms with van der Waals surface area (Å²) in [5.41, 5.74) is 2.07. The second-order valence-electron chi connectivity index (χ2n) is 6.41. The van der Waals surface area contributed by atoms with Crippen molar-refractivity contribution in [2.24, 2.45) is 4.99 Å². The number of aliphatic imine (C=N–C) groups is 1. The minimum atomic E-state index is -0.205. The first kappa shape index (κ1) is 18.0. The first-order valence-electron chi connectivity index (χ1n) is 8.56. The van der Waals surface area contributed by atoms with Crippen molar-refractivity contribution in [3.8, 4) is 11.5 Å². The zero-order chi connectivity index (χ0) is 18.6. The van der Waals surface area contributed by atoms with Gasteiger partial charge in [-0.15, -0.1) is 0 Å². The Morgan fingerprint density at radius 1 is 1.08 bits per heavy atom. The van der Waals surface area contributed by atoms with Crippen LogP contribution in [0.2, 0.25) is 0 Å². The van der Waals surface area contributed by atoms with Gasteiger partial charge in [0.05, 0.1) is 14.2 Å². The van der Waals surface area contributed by atoms with Gasteiger partial charge >= 0.3 is 0 Å². The lowest BCUT2D eigenvalue weighted by atomic mass is 9.96. The predicted molar refractivity (Wildman–Crippen MR) is 102 cm³/mol. The topological polar surface area (TPSA) is 54.9 Å². The molecule has 3 rings (SSSR count). The van der Waals surface area contributed by atoms with Crippen LogP contribution in [-0.4, -0.2) is 33.8 Å². The third kappa shape index (κ3) is 3.90. The van der Waals surface area contributed by atoms with Crippen molar-refractivity contribution < 1.29 is 13.9 Å². The zero-order valence-corrected chi connectivity index (χ0v) is 15.3. The zero-order valence-electron chi connectivity index (χ0n) is 15.3. The Kier molecular flexibility index (Phi) is 5.30. The first-order valence-corrected chi connectivity index (χ1v) is 8.56. The number of anilines is 1. The van der Waals surface area contributed by atoms with E-state index in [2.05, 4.69) is 15.6 Å². The number of ether oxygens (including phenoxy) is 2. The lowest BCUT2D eigenvalue weighted by Crippen LogP contribution is -2.36. The molecule has 6 heteroatoms. The molecule has 0 atom stereocenters. The largest absolute Gasteiger partial charge is 0.493 e. The molecule has 0 saturated heterocycles. The highest BCUT2D eigenvalue weighted by Gasteiger charge is 2.44. The highest BCUT2D eigenvalue weighted by atomic mass is 19.1. The van der Waals surface area contributed by atoms with E-state index in [1.54, 1.807) is 21.3 Å². The van der Waals surface area contributed by atoms with E-state index < -0.39 is 0 Å². The van der Waals surface area contributed by atoms with Crippen LogP contribution in [0.5, 0.6) is 11.5 Å². The van der Waals surface area contributed by atoms with Crippen molar-refractivity contribution in [3.63, 3.8) is 0 Å². The van der Waals surface area contributed by atoms with E-state index in [9.17, 15) is 4.39 Å². The molecule has 0 unspecified atom stereocenters. The second-order valence-corrected chi connectivity index (χ2v) is 6.41. The van der Waals surface area contributed by atoms with Gasteiger partial charge in [-0.25, -0.2) is 4.39 Å². The second kappa shape index (κ2) is 7.64. The number of guanidine groups is 1. The summed E-state index contributed by atoms with van der Waals surface area (Å²) < 4.78 is 23.7. The molecule has 0 heterocycles. The van der Waals surface area contributed by atoms with E-state index in [1.807, 2.05) is 30.3 Å². The van der Waals surface area contributed by atoms with Gasteiger partial charge in [0.1, 0.15) is 5.82 Å². The number of benzene rings is 2. The van der Waals surface area contributed by atoms with Crippen LogP contribution in [0, 0.1) is 5.82 Å². The molecule has 1 fully saturated rings. The van der Waals surface area contributed by atoms with Gasteiger partial charge in [0, 0.05) is 30.8 Å².